The number of sulfone groups is 1. The number of guanidine groups is 1. The van der Waals surface area contributed by atoms with Gasteiger partial charge in [0.15, 0.2) is 15.8 Å². The van der Waals surface area contributed by atoms with Crippen LogP contribution in [0.15, 0.2) is 23.2 Å². The summed E-state index contributed by atoms with van der Waals surface area (Å²) < 4.78 is 36.9. The number of nitrogens with one attached hydrogen (secondary N) is 3. The molecule has 0 unspecified atom stereocenters. The molecule has 2 rings (SSSR count). The molecule has 0 spiro atoms. The van der Waals surface area contributed by atoms with Crippen LogP contribution in [-0.4, -0.2) is 45.7 Å². The van der Waals surface area contributed by atoms with Crippen molar-refractivity contribution in [2.45, 2.75) is 57.4 Å². The number of carbonyl (C=O) groups is 1. The van der Waals surface area contributed by atoms with Gasteiger partial charge in [-0.2, -0.15) is 0 Å². The van der Waals surface area contributed by atoms with Crippen molar-refractivity contribution in [2.75, 3.05) is 19.3 Å². The second-order valence-corrected chi connectivity index (χ2v) is 9.54. The van der Waals surface area contributed by atoms with Gasteiger partial charge in [-0.3, -0.25) is 4.79 Å². The van der Waals surface area contributed by atoms with E-state index in [0.717, 1.165) is 19.1 Å². The van der Waals surface area contributed by atoms with Crippen molar-refractivity contribution in [3.05, 3.63) is 35.1 Å². The molecule has 29 heavy (non-hydrogen) atoms. The van der Waals surface area contributed by atoms with Gasteiger partial charge >= 0.3 is 0 Å². The topological polar surface area (TPSA) is 99.7 Å². The van der Waals surface area contributed by atoms with Crippen LogP contribution < -0.4 is 16.0 Å². The number of hydrogen-bond donors (Lipinski definition) is 3. The monoisotopic (exact) mass is 426 g/mol. The Labute approximate surface area is 172 Å². The van der Waals surface area contributed by atoms with E-state index in [2.05, 4.69) is 20.9 Å². The predicted molar refractivity (Wildman–Crippen MR) is 113 cm³/mol. The fourth-order valence-electron chi connectivity index (χ4n) is 3.34. The van der Waals surface area contributed by atoms with Gasteiger partial charge in [0, 0.05) is 31.8 Å². The lowest BCUT2D eigenvalue weighted by Gasteiger charge is -2.14. The maximum Gasteiger partial charge on any atom is 0.221 e. The molecule has 1 amide bonds. The smallest absolute Gasteiger partial charge is 0.221 e. The highest BCUT2D eigenvalue weighted by Gasteiger charge is 2.16. The van der Waals surface area contributed by atoms with Crippen molar-refractivity contribution in [3.8, 4) is 0 Å². The summed E-state index contributed by atoms with van der Waals surface area (Å²) in [6.45, 7) is 3.09. The van der Waals surface area contributed by atoms with Crippen molar-refractivity contribution in [1.82, 2.24) is 16.0 Å². The molecule has 7 nitrogen and oxygen atoms in total. The zero-order valence-electron chi connectivity index (χ0n) is 17.1. The van der Waals surface area contributed by atoms with E-state index in [0.29, 0.717) is 42.6 Å². The highest BCUT2D eigenvalue weighted by Crippen LogP contribution is 2.17. The van der Waals surface area contributed by atoms with Gasteiger partial charge < -0.3 is 16.0 Å². The van der Waals surface area contributed by atoms with E-state index in [4.69, 9.17) is 0 Å². The molecule has 0 bridgehead atoms. The first-order chi connectivity index (χ1) is 13.8. The standard InChI is InChI=1S/C20H31FN4O3S/c1-3-22-20(23-11-10-19(26)25-18-6-4-5-7-18)24-13-16-12-17(21)9-8-15(16)14-29(2,27)28/h8-9,12,18H,3-7,10-11,13-14H2,1-2H3,(H,25,26)(H2,22,23,24). The predicted octanol–water partition coefficient (Wildman–Crippen LogP) is 1.87. The first-order valence-electron chi connectivity index (χ1n) is 10.0. The highest BCUT2D eigenvalue weighted by molar-refractivity contribution is 7.89. The van der Waals surface area contributed by atoms with Crippen molar-refractivity contribution in [2.24, 2.45) is 4.99 Å². The van der Waals surface area contributed by atoms with Crippen molar-refractivity contribution >= 4 is 21.7 Å². The molecule has 0 radical (unpaired) electrons. The molecule has 0 aromatic heterocycles. The minimum atomic E-state index is -3.24. The lowest BCUT2D eigenvalue weighted by molar-refractivity contribution is -0.121. The Morgan fingerprint density at radius 1 is 1.21 bits per heavy atom. The third-order valence-corrected chi connectivity index (χ3v) is 5.54. The Kier molecular flexibility index (Phi) is 8.88. The molecule has 1 fully saturated rings. The summed E-state index contributed by atoms with van der Waals surface area (Å²) in [5.74, 6) is -0.0887. The SMILES string of the molecule is CCNC(=NCc1cc(F)ccc1CS(C)(=O)=O)NCCC(=O)NC1CCCC1. The van der Waals surface area contributed by atoms with Gasteiger partial charge in [0.05, 0.1) is 12.3 Å². The van der Waals surface area contributed by atoms with Gasteiger partial charge in [-0.1, -0.05) is 18.9 Å². The number of hydrogen-bond acceptors (Lipinski definition) is 4. The molecular weight excluding hydrogens is 395 g/mol. The summed E-state index contributed by atoms with van der Waals surface area (Å²) in [5, 5.41) is 9.21. The fraction of sp³-hybridized carbons (Fsp3) is 0.600. The van der Waals surface area contributed by atoms with Gasteiger partial charge in [0.2, 0.25) is 5.91 Å². The van der Waals surface area contributed by atoms with Gasteiger partial charge in [-0.25, -0.2) is 17.8 Å². The van der Waals surface area contributed by atoms with E-state index in [1.54, 1.807) is 0 Å². The summed E-state index contributed by atoms with van der Waals surface area (Å²) in [4.78, 5) is 16.4. The summed E-state index contributed by atoms with van der Waals surface area (Å²) >= 11 is 0. The van der Waals surface area contributed by atoms with Crippen LogP contribution in [0.5, 0.6) is 0 Å². The Morgan fingerprint density at radius 2 is 1.93 bits per heavy atom. The average Bonchev–Trinajstić information content (AvgIpc) is 3.13. The first-order valence-corrected chi connectivity index (χ1v) is 12.1. The Bertz CT molecular complexity index is 821. The molecular formula is C20H31FN4O3S. The number of nitrogens with zero attached hydrogens (tertiary/aromatic N) is 1. The highest BCUT2D eigenvalue weighted by atomic mass is 32.2. The van der Waals surface area contributed by atoms with Crippen LogP contribution in [0, 0.1) is 5.82 Å². The van der Waals surface area contributed by atoms with Crippen LogP contribution in [0.3, 0.4) is 0 Å². The molecule has 1 aromatic carbocycles. The molecule has 1 aromatic rings. The molecule has 1 saturated carbocycles. The van der Waals surface area contributed by atoms with E-state index in [9.17, 15) is 17.6 Å². The second-order valence-electron chi connectivity index (χ2n) is 7.40. The number of aliphatic imine (C=N–C) groups is 1. The van der Waals surface area contributed by atoms with Crippen LogP contribution in [0.1, 0.15) is 50.2 Å². The van der Waals surface area contributed by atoms with Gasteiger partial charge in [-0.15, -0.1) is 0 Å². The third kappa shape index (κ3) is 8.81. The minimum absolute atomic E-state index is 0.0146. The molecule has 1 aliphatic rings. The van der Waals surface area contributed by atoms with E-state index in [1.807, 2.05) is 6.92 Å². The summed E-state index contributed by atoms with van der Waals surface area (Å²) in [6.07, 6.45) is 5.91. The molecule has 0 atom stereocenters. The van der Waals surface area contributed by atoms with Gasteiger partial charge in [0.25, 0.3) is 0 Å². The van der Waals surface area contributed by atoms with Crippen LogP contribution in [0.2, 0.25) is 0 Å². The lowest BCUT2D eigenvalue weighted by Crippen LogP contribution is -2.40. The van der Waals surface area contributed by atoms with Gasteiger partial charge in [-0.05, 0) is 43.0 Å². The van der Waals surface area contributed by atoms with Gasteiger partial charge in [0.1, 0.15) is 5.82 Å². The van der Waals surface area contributed by atoms with Crippen molar-refractivity contribution in [1.29, 1.82) is 0 Å². The Balaban J connectivity index is 1.94. The summed E-state index contributed by atoms with van der Waals surface area (Å²) in [7, 11) is -3.24. The van der Waals surface area contributed by atoms with E-state index in [-0.39, 0.29) is 18.2 Å². The number of halogens is 1. The minimum Gasteiger partial charge on any atom is -0.357 e. The Morgan fingerprint density at radius 3 is 2.59 bits per heavy atom. The van der Waals surface area contributed by atoms with Crippen LogP contribution >= 0.6 is 0 Å². The molecule has 0 heterocycles. The van der Waals surface area contributed by atoms with E-state index in [1.165, 1.54) is 31.0 Å². The second kappa shape index (κ2) is 11.1. The third-order valence-electron chi connectivity index (χ3n) is 4.70. The molecule has 0 aliphatic heterocycles. The Hall–Kier alpha value is -2.16. The number of amides is 1. The van der Waals surface area contributed by atoms with Crippen LogP contribution in [0.25, 0.3) is 0 Å². The van der Waals surface area contributed by atoms with E-state index >= 15 is 0 Å². The normalized spacial score (nSPS) is 15.3. The quantitative estimate of drug-likeness (QED) is 0.414. The zero-order valence-corrected chi connectivity index (χ0v) is 17.9. The molecule has 162 valence electrons. The average molecular weight is 427 g/mol. The summed E-state index contributed by atoms with van der Waals surface area (Å²) in [5.41, 5.74) is 1.05. The molecule has 3 N–H and O–H groups in total. The fourth-order valence-corrected chi connectivity index (χ4v) is 4.18. The maximum atomic E-state index is 13.6. The van der Waals surface area contributed by atoms with Crippen molar-refractivity contribution in [3.63, 3.8) is 0 Å². The molecule has 1 aliphatic carbocycles. The summed E-state index contributed by atoms with van der Waals surface area (Å²) in [6, 6.07) is 4.34. The maximum absolute atomic E-state index is 13.6. The number of rotatable bonds is 9. The van der Waals surface area contributed by atoms with Crippen molar-refractivity contribution < 1.29 is 17.6 Å². The molecule has 0 saturated heterocycles. The van der Waals surface area contributed by atoms with E-state index < -0.39 is 15.7 Å². The van der Waals surface area contributed by atoms with Crippen LogP contribution in [0.4, 0.5) is 4.39 Å². The lowest BCUT2D eigenvalue weighted by atomic mass is 10.1. The zero-order chi connectivity index (χ0) is 21.3. The largest absolute Gasteiger partial charge is 0.357 e. The van der Waals surface area contributed by atoms with Crippen LogP contribution in [-0.2, 0) is 26.9 Å². The number of benzene rings is 1. The molecule has 9 heteroatoms. The first kappa shape index (κ1) is 23.1. The number of carbonyl (C=O) groups excluding carboxylic acids is 1.